The van der Waals surface area contributed by atoms with Gasteiger partial charge in [-0.3, -0.25) is 4.90 Å². The Morgan fingerprint density at radius 3 is 2.65 bits per heavy atom. The van der Waals surface area contributed by atoms with Crippen molar-refractivity contribution in [2.24, 2.45) is 11.7 Å². The van der Waals surface area contributed by atoms with Crippen molar-refractivity contribution in [3.8, 4) is 5.75 Å². The Morgan fingerprint density at radius 1 is 1.40 bits per heavy atom. The van der Waals surface area contributed by atoms with Crippen molar-refractivity contribution < 1.29 is 4.74 Å². The number of likely N-dealkylation sites (tertiary alicyclic amines) is 1. The summed E-state index contributed by atoms with van der Waals surface area (Å²) < 4.78 is 6.05. The van der Waals surface area contributed by atoms with E-state index < -0.39 is 0 Å². The molecular formula is C16H23BN2O. The van der Waals surface area contributed by atoms with E-state index in [1.807, 2.05) is 0 Å². The third-order valence-corrected chi connectivity index (χ3v) is 4.69. The normalized spacial score (nSPS) is 30.1. The van der Waals surface area contributed by atoms with Gasteiger partial charge < -0.3 is 10.5 Å². The first kappa shape index (κ1) is 14.0. The summed E-state index contributed by atoms with van der Waals surface area (Å²) in [5.74, 6) is 2.48. The van der Waals surface area contributed by atoms with E-state index >= 15 is 0 Å². The highest BCUT2D eigenvalue weighted by atomic mass is 16.5. The second-order valence-corrected chi connectivity index (χ2v) is 6.28. The Bertz CT molecular complexity index is 479. The van der Waals surface area contributed by atoms with Crippen LogP contribution in [0.3, 0.4) is 0 Å². The van der Waals surface area contributed by atoms with Crippen LogP contribution in [-0.2, 0) is 0 Å². The molecule has 106 valence electrons. The van der Waals surface area contributed by atoms with Crippen molar-refractivity contribution in [3.05, 3.63) is 29.3 Å². The maximum absolute atomic E-state index is 6.05. The topological polar surface area (TPSA) is 38.5 Å². The summed E-state index contributed by atoms with van der Waals surface area (Å²) in [5, 5.41) is 0. The molecule has 1 saturated carbocycles. The van der Waals surface area contributed by atoms with Crippen molar-refractivity contribution in [2.45, 2.75) is 31.7 Å². The minimum absolute atomic E-state index is 0.313. The molecule has 0 spiro atoms. The molecule has 2 aliphatic rings. The van der Waals surface area contributed by atoms with Crippen LogP contribution in [0, 0.1) is 12.8 Å². The lowest BCUT2D eigenvalue weighted by molar-refractivity contribution is 0.0219. The van der Waals surface area contributed by atoms with Crippen molar-refractivity contribution in [1.82, 2.24) is 4.90 Å². The summed E-state index contributed by atoms with van der Waals surface area (Å²) in [6.07, 6.45) is 0.313. The van der Waals surface area contributed by atoms with E-state index in [4.69, 9.17) is 18.3 Å². The highest BCUT2D eigenvalue weighted by molar-refractivity contribution is 6.15. The van der Waals surface area contributed by atoms with Gasteiger partial charge in [-0.2, -0.15) is 0 Å². The molecule has 1 aliphatic heterocycles. The molecule has 3 unspecified atom stereocenters. The lowest BCUT2D eigenvalue weighted by Crippen LogP contribution is -2.55. The van der Waals surface area contributed by atoms with Gasteiger partial charge in [0.1, 0.15) is 11.9 Å². The van der Waals surface area contributed by atoms with Crippen LogP contribution in [-0.4, -0.2) is 45.0 Å². The van der Waals surface area contributed by atoms with Crippen LogP contribution in [0.25, 0.3) is 0 Å². The Kier molecular flexibility index (Phi) is 3.78. The zero-order valence-corrected chi connectivity index (χ0v) is 12.4. The van der Waals surface area contributed by atoms with Gasteiger partial charge in [-0.05, 0) is 36.0 Å². The Balaban J connectivity index is 1.58. The molecule has 1 heterocycles. The van der Waals surface area contributed by atoms with Gasteiger partial charge in [0.25, 0.3) is 0 Å². The van der Waals surface area contributed by atoms with Crippen molar-refractivity contribution in [2.75, 3.05) is 26.2 Å². The zero-order chi connectivity index (χ0) is 14.3. The monoisotopic (exact) mass is 270 g/mol. The Hall–Kier alpha value is -0.995. The lowest BCUT2D eigenvalue weighted by Gasteiger charge is -2.39. The van der Waals surface area contributed by atoms with Gasteiger partial charge in [0, 0.05) is 26.2 Å². The second kappa shape index (κ2) is 5.42. The molecule has 3 atom stereocenters. The standard InChI is InChI=1S/C16H23BN2O/c1-10-7-12(15-11(2)16(15)17)3-4-14(10)20-13-8-19(9-13)6-5-18/h3-4,7,11,13,15-16H,5-6,8-9,18H2,1-2H3. The molecule has 3 rings (SSSR count). The van der Waals surface area contributed by atoms with Crippen LogP contribution in [0.4, 0.5) is 0 Å². The number of aryl methyl sites for hydroxylation is 1. The lowest BCUT2D eigenvalue weighted by atomic mass is 9.96. The Labute approximate surface area is 122 Å². The van der Waals surface area contributed by atoms with E-state index in [-0.39, 0.29) is 0 Å². The Morgan fingerprint density at radius 2 is 2.10 bits per heavy atom. The van der Waals surface area contributed by atoms with Crippen molar-refractivity contribution in [3.63, 3.8) is 0 Å². The van der Waals surface area contributed by atoms with Gasteiger partial charge in [-0.1, -0.05) is 24.9 Å². The van der Waals surface area contributed by atoms with Gasteiger partial charge >= 0.3 is 0 Å². The number of nitrogens with zero attached hydrogens (tertiary/aromatic N) is 1. The third kappa shape index (κ3) is 2.59. The predicted octanol–water partition coefficient (Wildman–Crippen LogP) is 1.71. The van der Waals surface area contributed by atoms with Crippen LogP contribution >= 0.6 is 0 Å². The number of hydrogen-bond donors (Lipinski definition) is 1. The van der Waals surface area contributed by atoms with Gasteiger partial charge in [0.2, 0.25) is 0 Å². The van der Waals surface area contributed by atoms with Crippen LogP contribution < -0.4 is 10.5 Å². The predicted molar refractivity (Wildman–Crippen MR) is 82.5 cm³/mol. The molecule has 3 nitrogen and oxygen atoms in total. The average Bonchev–Trinajstić information content (AvgIpc) is 2.96. The molecule has 1 aromatic carbocycles. The van der Waals surface area contributed by atoms with Gasteiger partial charge in [-0.25, -0.2) is 0 Å². The fraction of sp³-hybridized carbons (Fsp3) is 0.625. The van der Waals surface area contributed by atoms with E-state index in [1.165, 1.54) is 11.1 Å². The molecule has 4 heteroatoms. The van der Waals surface area contributed by atoms with Crippen molar-refractivity contribution in [1.29, 1.82) is 0 Å². The molecule has 2 fully saturated rings. The van der Waals surface area contributed by atoms with Gasteiger partial charge in [-0.15, -0.1) is 0 Å². The highest BCUT2D eigenvalue weighted by Crippen LogP contribution is 2.56. The van der Waals surface area contributed by atoms with E-state index in [1.54, 1.807) is 0 Å². The highest BCUT2D eigenvalue weighted by Gasteiger charge is 2.43. The minimum atomic E-state index is 0.313. The van der Waals surface area contributed by atoms with Crippen LogP contribution in [0.1, 0.15) is 24.0 Å². The fourth-order valence-corrected chi connectivity index (χ4v) is 3.17. The summed E-state index contributed by atoms with van der Waals surface area (Å²) in [6, 6.07) is 6.51. The summed E-state index contributed by atoms with van der Waals surface area (Å²) in [5.41, 5.74) is 8.11. The number of nitrogens with two attached hydrogens (primary N) is 1. The molecule has 1 aromatic rings. The third-order valence-electron chi connectivity index (χ3n) is 4.69. The summed E-state index contributed by atoms with van der Waals surface area (Å²) >= 11 is 0. The van der Waals surface area contributed by atoms with E-state index in [0.717, 1.165) is 31.9 Å². The summed E-state index contributed by atoms with van der Waals surface area (Å²) in [7, 11) is 6.04. The van der Waals surface area contributed by atoms with Crippen molar-refractivity contribution >= 4 is 7.85 Å². The maximum atomic E-state index is 6.05. The number of rotatable bonds is 5. The van der Waals surface area contributed by atoms with Gasteiger partial charge in [0.15, 0.2) is 0 Å². The van der Waals surface area contributed by atoms with E-state index in [9.17, 15) is 0 Å². The van der Waals surface area contributed by atoms with Gasteiger partial charge in [0.05, 0.1) is 7.85 Å². The molecular weight excluding hydrogens is 247 g/mol. The summed E-state index contributed by atoms with van der Waals surface area (Å²) in [6.45, 7) is 8.00. The largest absolute Gasteiger partial charge is 0.487 e. The first-order valence-corrected chi connectivity index (χ1v) is 7.55. The second-order valence-electron chi connectivity index (χ2n) is 6.28. The quantitative estimate of drug-likeness (QED) is 0.828. The SMILES string of the molecule is [B]C1C(C)C1c1ccc(OC2CN(CCN)C2)c(C)c1. The molecule has 1 aliphatic carbocycles. The molecule has 2 radical (unpaired) electrons. The fourth-order valence-electron chi connectivity index (χ4n) is 3.17. The maximum Gasteiger partial charge on any atom is 0.124 e. The zero-order valence-electron chi connectivity index (χ0n) is 12.4. The minimum Gasteiger partial charge on any atom is -0.487 e. The number of hydrogen-bond acceptors (Lipinski definition) is 3. The molecule has 2 N–H and O–H groups in total. The molecule has 0 aromatic heterocycles. The molecule has 20 heavy (non-hydrogen) atoms. The summed E-state index contributed by atoms with van der Waals surface area (Å²) in [4.78, 5) is 2.32. The molecule has 1 saturated heterocycles. The average molecular weight is 270 g/mol. The van der Waals surface area contributed by atoms with Crippen LogP contribution in [0.15, 0.2) is 18.2 Å². The van der Waals surface area contributed by atoms with E-state index in [0.29, 0.717) is 23.8 Å². The molecule has 0 bridgehead atoms. The molecule has 0 amide bonds. The number of benzene rings is 1. The first-order valence-electron chi connectivity index (χ1n) is 7.55. The first-order chi connectivity index (χ1) is 9.60. The number of ether oxygens (including phenoxy) is 1. The van der Waals surface area contributed by atoms with E-state index in [2.05, 4.69) is 36.9 Å². The smallest absolute Gasteiger partial charge is 0.124 e. The van der Waals surface area contributed by atoms with Crippen LogP contribution in [0.2, 0.25) is 5.82 Å². The van der Waals surface area contributed by atoms with Crippen LogP contribution in [0.5, 0.6) is 5.75 Å².